The Morgan fingerprint density at radius 1 is 0.750 bits per heavy atom. The molecule has 0 amide bonds. The van der Waals surface area contributed by atoms with Gasteiger partial charge in [0.05, 0.1) is 4.90 Å². The number of aryl methyl sites for hydroxylation is 2. The summed E-state index contributed by atoms with van der Waals surface area (Å²) in [6.07, 6.45) is -0.549. The maximum atomic E-state index is 13.0. The van der Waals surface area contributed by atoms with Crippen molar-refractivity contribution in [3.63, 3.8) is 0 Å². The molecule has 0 bridgehead atoms. The summed E-state index contributed by atoms with van der Waals surface area (Å²) in [5.41, 5.74) is 19.6. The van der Waals surface area contributed by atoms with Gasteiger partial charge in [0.1, 0.15) is 6.10 Å². The number of rotatable bonds is 5. The highest BCUT2D eigenvalue weighted by Gasteiger charge is 2.25. The fourth-order valence-electron chi connectivity index (χ4n) is 3.28. The van der Waals surface area contributed by atoms with E-state index in [9.17, 15) is 4.21 Å². The van der Waals surface area contributed by atoms with E-state index in [-0.39, 0.29) is 0 Å². The molecule has 146 valence electrons. The van der Waals surface area contributed by atoms with Crippen molar-refractivity contribution in [1.82, 2.24) is 0 Å². The number of benzene rings is 3. The minimum absolute atomic E-state index is 0.549. The lowest BCUT2D eigenvalue weighted by atomic mass is 9.91. The van der Waals surface area contributed by atoms with Crippen molar-refractivity contribution in [3.05, 3.63) is 88.0 Å². The van der Waals surface area contributed by atoms with Crippen LogP contribution >= 0.6 is 0 Å². The van der Waals surface area contributed by atoms with Gasteiger partial charge in [0.25, 0.3) is 0 Å². The molecule has 0 aliphatic heterocycles. The van der Waals surface area contributed by atoms with Gasteiger partial charge in [0, 0.05) is 11.4 Å². The summed E-state index contributed by atoms with van der Waals surface area (Å²) in [4.78, 5) is 0.614. The second-order valence-corrected chi connectivity index (χ2v) is 8.18. The Bertz CT molecular complexity index is 975. The van der Waals surface area contributed by atoms with E-state index in [1.165, 1.54) is 0 Å². The molecule has 5 heteroatoms. The molecule has 0 radical (unpaired) electrons. The van der Waals surface area contributed by atoms with E-state index in [1.54, 1.807) is 12.1 Å². The van der Waals surface area contributed by atoms with Crippen LogP contribution < -0.4 is 11.5 Å². The highest BCUT2D eigenvalue weighted by Crippen LogP contribution is 2.37. The second-order valence-electron chi connectivity index (χ2n) is 7.04. The Morgan fingerprint density at radius 2 is 1.21 bits per heavy atom. The smallest absolute Gasteiger partial charge is 0.190 e. The standard InChI is InChI=1S/C23H26N2O2S/c1-14-10-12-19(16(3)21(14)24)23(20-13-11-15(2)22(25)17(20)4)27-28(26)18-8-6-5-7-9-18/h5-13,23H,24-25H2,1-4H3. The van der Waals surface area contributed by atoms with Crippen LogP contribution in [0.2, 0.25) is 0 Å². The fourth-order valence-corrected chi connectivity index (χ4v) is 4.15. The van der Waals surface area contributed by atoms with Gasteiger partial charge in [0.15, 0.2) is 11.1 Å². The molecule has 1 unspecified atom stereocenters. The summed E-state index contributed by atoms with van der Waals surface area (Å²) >= 11 is -1.64. The average Bonchev–Trinajstić information content (AvgIpc) is 2.70. The molecule has 0 saturated heterocycles. The Kier molecular flexibility index (Phi) is 5.87. The molecule has 0 aromatic heterocycles. The SMILES string of the molecule is Cc1ccc(C(OS(=O)c2ccccc2)c2ccc(C)c(N)c2C)c(C)c1N. The lowest BCUT2D eigenvalue weighted by molar-refractivity contribution is 0.274. The van der Waals surface area contributed by atoms with Crippen LogP contribution in [-0.4, -0.2) is 4.21 Å². The molecule has 0 fully saturated rings. The van der Waals surface area contributed by atoms with Crippen molar-refractivity contribution < 1.29 is 8.39 Å². The summed E-state index contributed by atoms with van der Waals surface area (Å²) in [6.45, 7) is 7.87. The Morgan fingerprint density at radius 3 is 1.68 bits per heavy atom. The molecule has 0 aliphatic carbocycles. The van der Waals surface area contributed by atoms with Crippen LogP contribution in [0.3, 0.4) is 0 Å². The van der Waals surface area contributed by atoms with Crippen LogP contribution in [0.1, 0.15) is 39.5 Å². The highest BCUT2D eigenvalue weighted by molar-refractivity contribution is 7.80. The number of hydrogen-bond donors (Lipinski definition) is 2. The molecule has 3 aromatic carbocycles. The summed E-state index contributed by atoms with van der Waals surface area (Å²) in [6, 6.07) is 17.1. The van der Waals surface area contributed by atoms with Gasteiger partial charge in [-0.15, -0.1) is 0 Å². The van der Waals surface area contributed by atoms with Crippen molar-refractivity contribution in [2.45, 2.75) is 38.7 Å². The number of nitrogen functional groups attached to an aromatic ring is 2. The zero-order valence-electron chi connectivity index (χ0n) is 16.7. The first-order valence-corrected chi connectivity index (χ1v) is 10.2. The van der Waals surface area contributed by atoms with Gasteiger partial charge in [-0.2, -0.15) is 0 Å². The predicted molar refractivity (Wildman–Crippen MR) is 116 cm³/mol. The minimum Gasteiger partial charge on any atom is -0.398 e. The van der Waals surface area contributed by atoms with Crippen molar-refractivity contribution in [1.29, 1.82) is 0 Å². The minimum atomic E-state index is -1.64. The van der Waals surface area contributed by atoms with Gasteiger partial charge >= 0.3 is 0 Å². The lowest BCUT2D eigenvalue weighted by Gasteiger charge is -2.24. The van der Waals surface area contributed by atoms with Gasteiger partial charge in [-0.25, -0.2) is 4.21 Å². The summed E-state index contributed by atoms with van der Waals surface area (Å²) in [5.74, 6) is 0. The molecule has 28 heavy (non-hydrogen) atoms. The molecule has 3 rings (SSSR count). The van der Waals surface area contributed by atoms with Crippen LogP contribution in [0.4, 0.5) is 11.4 Å². The van der Waals surface area contributed by atoms with Gasteiger partial charge in [0.2, 0.25) is 0 Å². The summed E-state index contributed by atoms with van der Waals surface area (Å²) in [7, 11) is 0. The second kappa shape index (κ2) is 8.17. The van der Waals surface area contributed by atoms with Gasteiger partial charge < -0.3 is 11.5 Å². The monoisotopic (exact) mass is 394 g/mol. The van der Waals surface area contributed by atoms with Gasteiger partial charge in [-0.3, -0.25) is 4.18 Å². The summed E-state index contributed by atoms with van der Waals surface area (Å²) < 4.78 is 19.1. The number of nitrogens with two attached hydrogens (primary N) is 2. The van der Waals surface area contributed by atoms with E-state index in [2.05, 4.69) is 0 Å². The van der Waals surface area contributed by atoms with E-state index in [0.717, 1.165) is 33.4 Å². The first kappa shape index (κ1) is 20.1. The molecule has 3 aromatic rings. The molecule has 0 spiro atoms. The largest absolute Gasteiger partial charge is 0.398 e. The molecule has 4 N–H and O–H groups in total. The number of anilines is 2. The first-order chi connectivity index (χ1) is 13.3. The van der Waals surface area contributed by atoms with Crippen LogP contribution in [0.25, 0.3) is 0 Å². The molecule has 0 aliphatic rings. The van der Waals surface area contributed by atoms with Crippen molar-refractivity contribution in [3.8, 4) is 0 Å². The third kappa shape index (κ3) is 3.81. The Hall–Kier alpha value is -2.63. The number of hydrogen-bond acceptors (Lipinski definition) is 4. The zero-order valence-corrected chi connectivity index (χ0v) is 17.5. The molecule has 0 saturated carbocycles. The fraction of sp³-hybridized carbons (Fsp3) is 0.217. The van der Waals surface area contributed by atoms with Gasteiger partial charge in [-0.05, 0) is 73.2 Å². The van der Waals surface area contributed by atoms with E-state index < -0.39 is 17.2 Å². The van der Waals surface area contributed by atoms with E-state index in [4.69, 9.17) is 15.7 Å². The first-order valence-electron chi connectivity index (χ1n) is 9.16. The topological polar surface area (TPSA) is 78.3 Å². The van der Waals surface area contributed by atoms with Crippen LogP contribution in [-0.2, 0) is 15.3 Å². The third-order valence-electron chi connectivity index (χ3n) is 5.23. The molecular formula is C23H26N2O2S. The molecule has 0 heterocycles. The molecule has 4 nitrogen and oxygen atoms in total. The van der Waals surface area contributed by atoms with Gasteiger partial charge in [-0.1, -0.05) is 42.5 Å². The average molecular weight is 395 g/mol. The highest BCUT2D eigenvalue weighted by atomic mass is 32.2. The van der Waals surface area contributed by atoms with Crippen molar-refractivity contribution in [2.75, 3.05) is 11.5 Å². The Balaban J connectivity index is 2.14. The van der Waals surface area contributed by atoms with Crippen LogP contribution in [0.5, 0.6) is 0 Å². The normalized spacial score (nSPS) is 12.3. The van der Waals surface area contributed by atoms with Crippen molar-refractivity contribution >= 4 is 22.5 Å². The molecular weight excluding hydrogens is 368 g/mol. The quantitative estimate of drug-likeness (QED) is 0.603. The van der Waals surface area contributed by atoms with E-state index >= 15 is 0 Å². The van der Waals surface area contributed by atoms with E-state index in [0.29, 0.717) is 16.3 Å². The summed E-state index contributed by atoms with van der Waals surface area (Å²) in [5, 5.41) is 0. The lowest BCUT2D eigenvalue weighted by Crippen LogP contribution is -2.14. The maximum absolute atomic E-state index is 13.0. The van der Waals surface area contributed by atoms with Crippen molar-refractivity contribution in [2.24, 2.45) is 0 Å². The molecule has 1 atom stereocenters. The van der Waals surface area contributed by atoms with Crippen LogP contribution in [0, 0.1) is 27.7 Å². The van der Waals surface area contributed by atoms with Crippen LogP contribution in [0.15, 0.2) is 59.5 Å². The third-order valence-corrected chi connectivity index (χ3v) is 6.26. The maximum Gasteiger partial charge on any atom is 0.190 e. The zero-order chi connectivity index (χ0) is 20.4. The van der Waals surface area contributed by atoms with E-state index in [1.807, 2.05) is 70.2 Å². The Labute approximate surface area is 169 Å². The predicted octanol–water partition coefficient (Wildman–Crippen LogP) is 4.91.